The van der Waals surface area contributed by atoms with Crippen molar-refractivity contribution in [2.75, 3.05) is 32.7 Å². The Labute approximate surface area is 182 Å². The summed E-state index contributed by atoms with van der Waals surface area (Å²) in [6.45, 7) is 10.4. The van der Waals surface area contributed by atoms with Crippen LogP contribution in [-0.4, -0.2) is 63.2 Å². The van der Waals surface area contributed by atoms with Gasteiger partial charge < -0.3 is 4.90 Å². The number of nitrogens with zero attached hydrogens (tertiary/aromatic N) is 5. The third kappa shape index (κ3) is 4.82. The number of hydrogen-bond donors (Lipinski definition) is 0. The zero-order valence-electron chi connectivity index (χ0n) is 18.4. The van der Waals surface area contributed by atoms with Gasteiger partial charge in [-0.05, 0) is 18.2 Å². The molecular weight excluding hydrogens is 390 g/mol. The van der Waals surface area contributed by atoms with Gasteiger partial charge in [0.05, 0.1) is 17.8 Å². The number of para-hydroxylation sites is 1. The molecule has 3 heterocycles. The molecule has 0 atom stereocenters. The fourth-order valence-corrected chi connectivity index (χ4v) is 3.77. The van der Waals surface area contributed by atoms with Crippen LogP contribution < -0.4 is 5.56 Å². The Kier molecular flexibility index (Phi) is 5.87. The van der Waals surface area contributed by atoms with Crippen LogP contribution in [0, 0.1) is 0 Å². The van der Waals surface area contributed by atoms with Crippen LogP contribution in [0.3, 0.4) is 0 Å². The fraction of sp³-hybridized carbons (Fsp3) is 0.417. The van der Waals surface area contributed by atoms with E-state index in [-0.39, 0.29) is 16.9 Å². The molecule has 3 aromatic rings. The van der Waals surface area contributed by atoms with Crippen LogP contribution in [0.15, 0.2) is 53.3 Å². The number of rotatable bonds is 4. The van der Waals surface area contributed by atoms with Gasteiger partial charge in [-0.15, -0.1) is 0 Å². The molecule has 1 fully saturated rings. The normalized spacial score (nSPS) is 15.4. The van der Waals surface area contributed by atoms with Crippen LogP contribution in [0.1, 0.15) is 37.0 Å². The quantitative estimate of drug-likeness (QED) is 0.650. The summed E-state index contributed by atoms with van der Waals surface area (Å²) < 4.78 is 1.55. The number of amides is 1. The van der Waals surface area contributed by atoms with Gasteiger partial charge in [0, 0.05) is 49.6 Å². The maximum Gasteiger partial charge on any atom is 0.272 e. The third-order valence-corrected chi connectivity index (χ3v) is 5.74. The Morgan fingerprint density at radius 3 is 2.42 bits per heavy atom. The lowest BCUT2D eigenvalue weighted by Gasteiger charge is -2.34. The van der Waals surface area contributed by atoms with Gasteiger partial charge in [0.1, 0.15) is 5.69 Å². The van der Waals surface area contributed by atoms with E-state index >= 15 is 0 Å². The van der Waals surface area contributed by atoms with Crippen LogP contribution in [0.4, 0.5) is 0 Å². The summed E-state index contributed by atoms with van der Waals surface area (Å²) in [5, 5.41) is 5.57. The Bertz CT molecular complexity index is 1140. The highest BCUT2D eigenvalue weighted by molar-refractivity contribution is 5.95. The molecule has 1 aromatic carbocycles. The number of benzene rings is 1. The van der Waals surface area contributed by atoms with E-state index in [2.05, 4.69) is 35.8 Å². The first-order valence-corrected chi connectivity index (χ1v) is 10.8. The molecule has 1 amide bonds. The number of piperazine rings is 1. The van der Waals surface area contributed by atoms with E-state index in [1.807, 2.05) is 41.3 Å². The van der Waals surface area contributed by atoms with E-state index in [1.54, 1.807) is 16.8 Å². The van der Waals surface area contributed by atoms with Crippen molar-refractivity contribution in [1.29, 1.82) is 0 Å². The van der Waals surface area contributed by atoms with E-state index in [1.165, 1.54) is 0 Å². The molecule has 0 unspecified atom stereocenters. The van der Waals surface area contributed by atoms with Crippen LogP contribution >= 0.6 is 0 Å². The van der Waals surface area contributed by atoms with E-state index in [0.29, 0.717) is 25.3 Å². The van der Waals surface area contributed by atoms with E-state index < -0.39 is 0 Å². The first-order valence-electron chi connectivity index (χ1n) is 10.8. The Hall–Kier alpha value is -3.06. The Morgan fingerprint density at radius 1 is 0.935 bits per heavy atom. The van der Waals surface area contributed by atoms with Crippen LogP contribution in [0.2, 0.25) is 0 Å². The maximum atomic E-state index is 12.9. The number of carbonyl (C=O) groups excluding carboxylic acids is 1. The molecule has 1 aliphatic rings. The number of fused-ring (bicyclic) bond motifs is 1. The van der Waals surface area contributed by atoms with Crippen molar-refractivity contribution in [2.24, 2.45) is 0 Å². The molecule has 7 nitrogen and oxygen atoms in total. The van der Waals surface area contributed by atoms with E-state index in [0.717, 1.165) is 36.2 Å². The van der Waals surface area contributed by atoms with Crippen LogP contribution in [0.5, 0.6) is 0 Å². The first kappa shape index (κ1) is 21.2. The van der Waals surface area contributed by atoms with Gasteiger partial charge in [-0.25, -0.2) is 9.67 Å². The lowest BCUT2D eigenvalue weighted by Crippen LogP contribution is -2.49. The zero-order chi connectivity index (χ0) is 22.0. The molecule has 0 spiro atoms. The minimum absolute atomic E-state index is 0.0267. The van der Waals surface area contributed by atoms with Gasteiger partial charge in [0.25, 0.3) is 11.5 Å². The van der Waals surface area contributed by atoms with Gasteiger partial charge >= 0.3 is 0 Å². The molecule has 2 aromatic heterocycles. The average Bonchev–Trinajstić information content (AvgIpc) is 2.77. The highest BCUT2D eigenvalue weighted by atomic mass is 16.2. The summed E-state index contributed by atoms with van der Waals surface area (Å²) >= 11 is 0. The fourth-order valence-electron chi connectivity index (χ4n) is 3.77. The second-order valence-electron chi connectivity index (χ2n) is 9.05. The van der Waals surface area contributed by atoms with Crippen molar-refractivity contribution >= 4 is 16.8 Å². The van der Waals surface area contributed by atoms with Crippen molar-refractivity contribution in [2.45, 2.75) is 32.7 Å². The molecule has 1 saturated heterocycles. The van der Waals surface area contributed by atoms with Gasteiger partial charge in [0.15, 0.2) is 0 Å². The van der Waals surface area contributed by atoms with Crippen molar-refractivity contribution < 1.29 is 4.79 Å². The second kappa shape index (κ2) is 8.59. The van der Waals surface area contributed by atoms with E-state index in [9.17, 15) is 9.59 Å². The summed E-state index contributed by atoms with van der Waals surface area (Å²) in [7, 11) is 0. The lowest BCUT2D eigenvalue weighted by molar-refractivity contribution is 0.0626. The summed E-state index contributed by atoms with van der Waals surface area (Å²) in [5.74, 6) is -0.0267. The molecule has 7 heteroatoms. The lowest BCUT2D eigenvalue weighted by atomic mass is 9.92. The van der Waals surface area contributed by atoms with Crippen molar-refractivity contribution in [3.63, 3.8) is 0 Å². The number of hydrogen-bond acceptors (Lipinski definition) is 5. The van der Waals surface area contributed by atoms with Crippen molar-refractivity contribution in [3.05, 3.63) is 70.3 Å². The van der Waals surface area contributed by atoms with E-state index in [4.69, 9.17) is 0 Å². The van der Waals surface area contributed by atoms with Gasteiger partial charge in [-0.3, -0.25) is 14.5 Å². The van der Waals surface area contributed by atoms with Crippen LogP contribution in [-0.2, 0) is 12.0 Å². The number of aromatic nitrogens is 3. The Balaban J connectivity index is 1.34. The Morgan fingerprint density at radius 2 is 1.68 bits per heavy atom. The minimum atomic E-state index is -0.0990. The smallest absolute Gasteiger partial charge is 0.272 e. The molecule has 0 radical (unpaired) electrons. The molecule has 4 rings (SSSR count). The largest absolute Gasteiger partial charge is 0.335 e. The van der Waals surface area contributed by atoms with Crippen LogP contribution in [0.25, 0.3) is 10.9 Å². The molecule has 0 N–H and O–H groups in total. The highest BCUT2D eigenvalue weighted by Crippen LogP contribution is 2.18. The summed E-state index contributed by atoms with van der Waals surface area (Å²) in [6, 6.07) is 15.0. The molecule has 0 aliphatic carbocycles. The van der Waals surface area contributed by atoms with Crippen molar-refractivity contribution in [3.8, 4) is 0 Å². The van der Waals surface area contributed by atoms with Gasteiger partial charge in [-0.2, -0.15) is 5.10 Å². The molecule has 0 bridgehead atoms. The summed E-state index contributed by atoms with van der Waals surface area (Å²) in [6.07, 6.45) is 0. The average molecular weight is 420 g/mol. The van der Waals surface area contributed by atoms with Crippen molar-refractivity contribution in [1.82, 2.24) is 24.6 Å². The second-order valence-corrected chi connectivity index (χ2v) is 9.05. The number of pyridine rings is 1. The highest BCUT2D eigenvalue weighted by Gasteiger charge is 2.23. The predicted octanol–water partition coefficient (Wildman–Crippen LogP) is 2.55. The SMILES string of the molecule is CC(C)(C)c1ccc(=O)n(CCN2CCN(C(=O)c3ccc4ccccc4n3)CC2)n1. The standard InChI is InChI=1S/C24H29N5O2/c1-24(2,3)21-10-11-22(30)29(26-21)17-14-27-12-15-28(16-13-27)23(31)20-9-8-18-6-4-5-7-19(18)25-20/h4-11H,12-17H2,1-3H3. The monoisotopic (exact) mass is 419 g/mol. The van der Waals surface area contributed by atoms with Gasteiger partial charge in [0.2, 0.25) is 0 Å². The zero-order valence-corrected chi connectivity index (χ0v) is 18.4. The van der Waals surface area contributed by atoms with Gasteiger partial charge in [-0.1, -0.05) is 45.0 Å². The molecule has 31 heavy (non-hydrogen) atoms. The maximum absolute atomic E-state index is 12.9. The molecule has 162 valence electrons. The summed E-state index contributed by atoms with van der Waals surface area (Å²) in [4.78, 5) is 33.7. The number of carbonyl (C=O) groups is 1. The minimum Gasteiger partial charge on any atom is -0.335 e. The third-order valence-electron chi connectivity index (χ3n) is 5.74. The first-order chi connectivity index (χ1) is 14.8. The molecule has 1 aliphatic heterocycles. The predicted molar refractivity (Wildman–Crippen MR) is 121 cm³/mol. The molecule has 0 saturated carbocycles. The summed E-state index contributed by atoms with van der Waals surface area (Å²) in [5.41, 5.74) is 2.05. The topological polar surface area (TPSA) is 71.3 Å². The molecular formula is C24H29N5O2.